The Morgan fingerprint density at radius 2 is 1.62 bits per heavy atom. The molecule has 0 N–H and O–H groups in total. The summed E-state index contributed by atoms with van der Waals surface area (Å²) in [5, 5.41) is 0. The summed E-state index contributed by atoms with van der Waals surface area (Å²) >= 11 is 0. The highest BCUT2D eigenvalue weighted by molar-refractivity contribution is 6.22. The number of aryl methyl sites for hydroxylation is 1. The van der Waals surface area contributed by atoms with E-state index in [1.165, 1.54) is 16.0 Å². The number of carbonyl (C=O) groups excluding carboxylic acids is 2. The maximum Gasteiger partial charge on any atom is 0.238 e. The predicted molar refractivity (Wildman–Crippen MR) is 82.9 cm³/mol. The van der Waals surface area contributed by atoms with Crippen LogP contribution in [0.5, 0.6) is 0 Å². The Morgan fingerprint density at radius 1 is 1.05 bits per heavy atom. The lowest BCUT2D eigenvalue weighted by Gasteiger charge is -2.23. The zero-order valence-corrected chi connectivity index (χ0v) is 12.8. The van der Waals surface area contributed by atoms with Gasteiger partial charge >= 0.3 is 0 Å². The topological polar surface area (TPSA) is 37.4 Å². The maximum absolute atomic E-state index is 12.7. The Balaban J connectivity index is 1.96. The molecular formula is C18H21NO2. The van der Waals surface area contributed by atoms with Crippen LogP contribution < -0.4 is 4.90 Å². The molecular weight excluding hydrogens is 262 g/mol. The molecule has 2 unspecified atom stereocenters. The van der Waals surface area contributed by atoms with E-state index in [1.54, 1.807) is 0 Å². The molecule has 0 saturated carbocycles. The number of anilines is 1. The van der Waals surface area contributed by atoms with Gasteiger partial charge in [-0.15, -0.1) is 0 Å². The van der Waals surface area contributed by atoms with Gasteiger partial charge in [0.1, 0.15) is 0 Å². The molecule has 0 spiro atoms. The Morgan fingerprint density at radius 3 is 2.14 bits per heavy atom. The normalized spacial score (nSPS) is 25.6. The van der Waals surface area contributed by atoms with Gasteiger partial charge in [-0.1, -0.05) is 30.2 Å². The average molecular weight is 283 g/mol. The van der Waals surface area contributed by atoms with Crippen LogP contribution in [0.1, 0.15) is 39.2 Å². The summed E-state index contributed by atoms with van der Waals surface area (Å²) in [5.41, 5.74) is 4.41. The molecule has 0 bridgehead atoms. The molecule has 1 aliphatic heterocycles. The highest BCUT2D eigenvalue weighted by atomic mass is 16.2. The number of allylic oxidation sites excluding steroid dienone is 2. The molecule has 2 amide bonds. The van der Waals surface area contributed by atoms with Crippen molar-refractivity contribution in [2.24, 2.45) is 11.8 Å². The molecule has 3 nitrogen and oxygen atoms in total. The van der Waals surface area contributed by atoms with E-state index in [1.807, 2.05) is 24.3 Å². The molecule has 1 aliphatic carbocycles. The van der Waals surface area contributed by atoms with Gasteiger partial charge in [0.15, 0.2) is 0 Å². The lowest BCUT2D eigenvalue weighted by atomic mass is 9.78. The van der Waals surface area contributed by atoms with Crippen molar-refractivity contribution >= 4 is 17.5 Å². The minimum atomic E-state index is -0.161. The molecule has 1 aromatic rings. The summed E-state index contributed by atoms with van der Waals surface area (Å²) in [6.07, 6.45) is 2.35. The van der Waals surface area contributed by atoms with Gasteiger partial charge in [-0.25, -0.2) is 0 Å². The average Bonchev–Trinajstić information content (AvgIpc) is 2.71. The van der Waals surface area contributed by atoms with E-state index in [-0.39, 0.29) is 23.7 Å². The second-order valence-corrected chi connectivity index (χ2v) is 6.22. The number of imide groups is 1. The number of hydrogen-bond acceptors (Lipinski definition) is 2. The molecule has 21 heavy (non-hydrogen) atoms. The standard InChI is InChI=1S/C18H21NO2/c1-4-13-6-5-7-14(10-13)19-17(20)15-8-11(2)12(3)9-16(15)18(19)21/h5-7,10,15-16H,4,8-9H2,1-3H3. The number of nitrogens with zero attached hydrogens (tertiary/aromatic N) is 1. The van der Waals surface area contributed by atoms with Crippen LogP contribution in [0.25, 0.3) is 0 Å². The van der Waals surface area contributed by atoms with Crippen LogP contribution in [-0.2, 0) is 16.0 Å². The number of hydrogen-bond donors (Lipinski definition) is 0. The van der Waals surface area contributed by atoms with E-state index in [4.69, 9.17) is 0 Å². The Bertz CT molecular complexity index is 612. The third-order valence-electron chi connectivity index (χ3n) is 4.92. The Hall–Kier alpha value is -1.90. The van der Waals surface area contributed by atoms with E-state index < -0.39 is 0 Å². The Labute approximate surface area is 125 Å². The Kier molecular flexibility index (Phi) is 3.44. The first-order chi connectivity index (χ1) is 10.0. The van der Waals surface area contributed by atoms with Crippen molar-refractivity contribution in [2.75, 3.05) is 4.90 Å². The van der Waals surface area contributed by atoms with Crippen LogP contribution in [-0.4, -0.2) is 11.8 Å². The molecule has 0 aromatic heterocycles. The zero-order chi connectivity index (χ0) is 15.1. The van der Waals surface area contributed by atoms with Crippen LogP contribution in [0.4, 0.5) is 5.69 Å². The summed E-state index contributed by atoms with van der Waals surface area (Å²) in [6.45, 7) is 6.22. The van der Waals surface area contributed by atoms with Crippen LogP contribution in [0.15, 0.2) is 35.4 Å². The van der Waals surface area contributed by atoms with Crippen molar-refractivity contribution in [3.63, 3.8) is 0 Å². The van der Waals surface area contributed by atoms with E-state index in [2.05, 4.69) is 20.8 Å². The smallest absolute Gasteiger partial charge is 0.238 e. The van der Waals surface area contributed by atoms with Gasteiger partial charge in [-0.3, -0.25) is 14.5 Å². The molecule has 2 atom stereocenters. The van der Waals surface area contributed by atoms with Crippen LogP contribution in [0, 0.1) is 11.8 Å². The van der Waals surface area contributed by atoms with Crippen molar-refractivity contribution in [3.05, 3.63) is 41.0 Å². The second-order valence-electron chi connectivity index (χ2n) is 6.22. The molecule has 3 rings (SSSR count). The third kappa shape index (κ3) is 2.21. The molecule has 3 heteroatoms. The predicted octanol–water partition coefficient (Wildman–Crippen LogP) is 3.48. The third-order valence-corrected chi connectivity index (χ3v) is 4.92. The minimum Gasteiger partial charge on any atom is -0.274 e. The van der Waals surface area contributed by atoms with Gasteiger partial charge in [-0.05, 0) is 50.8 Å². The summed E-state index contributed by atoms with van der Waals surface area (Å²) in [7, 11) is 0. The first kappa shape index (κ1) is 14.1. The fraction of sp³-hybridized carbons (Fsp3) is 0.444. The van der Waals surface area contributed by atoms with Crippen molar-refractivity contribution < 1.29 is 9.59 Å². The summed E-state index contributed by atoms with van der Waals surface area (Å²) in [6, 6.07) is 7.77. The molecule has 0 radical (unpaired) electrons. The number of amides is 2. The highest BCUT2D eigenvalue weighted by Crippen LogP contribution is 2.42. The fourth-order valence-corrected chi connectivity index (χ4v) is 3.42. The van der Waals surface area contributed by atoms with Gasteiger partial charge in [0.05, 0.1) is 17.5 Å². The quantitative estimate of drug-likeness (QED) is 0.615. The summed E-state index contributed by atoms with van der Waals surface area (Å²) in [5.74, 6) is -0.367. The van der Waals surface area contributed by atoms with Gasteiger partial charge in [-0.2, -0.15) is 0 Å². The van der Waals surface area contributed by atoms with Crippen molar-refractivity contribution in [3.8, 4) is 0 Å². The van der Waals surface area contributed by atoms with Gasteiger partial charge in [0, 0.05) is 0 Å². The SMILES string of the molecule is CCc1cccc(N2C(=O)C3CC(C)=C(C)CC3C2=O)c1. The van der Waals surface area contributed by atoms with Gasteiger partial charge < -0.3 is 0 Å². The summed E-state index contributed by atoms with van der Waals surface area (Å²) < 4.78 is 0. The van der Waals surface area contributed by atoms with Crippen LogP contribution >= 0.6 is 0 Å². The van der Waals surface area contributed by atoms with Crippen LogP contribution in [0.3, 0.4) is 0 Å². The lowest BCUT2D eigenvalue weighted by molar-refractivity contribution is -0.122. The number of benzene rings is 1. The molecule has 2 aliphatic rings. The maximum atomic E-state index is 12.7. The summed E-state index contributed by atoms with van der Waals surface area (Å²) in [4.78, 5) is 26.8. The van der Waals surface area contributed by atoms with E-state index in [0.29, 0.717) is 0 Å². The second kappa shape index (κ2) is 5.14. The molecule has 1 fully saturated rings. The van der Waals surface area contributed by atoms with Gasteiger partial charge in [0.25, 0.3) is 0 Å². The first-order valence-electron chi connectivity index (χ1n) is 7.65. The van der Waals surface area contributed by atoms with Crippen molar-refractivity contribution in [1.82, 2.24) is 0 Å². The number of rotatable bonds is 2. The number of carbonyl (C=O) groups is 2. The molecule has 110 valence electrons. The minimum absolute atomic E-state index is 0.0231. The lowest BCUT2D eigenvalue weighted by Crippen LogP contribution is -2.30. The molecule has 1 heterocycles. The molecule has 1 aromatic carbocycles. The largest absolute Gasteiger partial charge is 0.274 e. The van der Waals surface area contributed by atoms with Crippen molar-refractivity contribution in [1.29, 1.82) is 0 Å². The first-order valence-corrected chi connectivity index (χ1v) is 7.65. The highest BCUT2D eigenvalue weighted by Gasteiger charge is 2.49. The van der Waals surface area contributed by atoms with E-state index in [9.17, 15) is 9.59 Å². The fourth-order valence-electron chi connectivity index (χ4n) is 3.42. The van der Waals surface area contributed by atoms with Crippen LogP contribution in [0.2, 0.25) is 0 Å². The zero-order valence-electron chi connectivity index (χ0n) is 12.8. The van der Waals surface area contributed by atoms with E-state index in [0.717, 1.165) is 30.5 Å². The number of fused-ring (bicyclic) bond motifs is 1. The van der Waals surface area contributed by atoms with Crippen molar-refractivity contribution in [2.45, 2.75) is 40.0 Å². The molecule has 1 saturated heterocycles. The van der Waals surface area contributed by atoms with E-state index >= 15 is 0 Å². The monoisotopic (exact) mass is 283 g/mol. The van der Waals surface area contributed by atoms with Gasteiger partial charge in [0.2, 0.25) is 11.8 Å².